The lowest BCUT2D eigenvalue weighted by atomic mass is 10.0. The number of nitrogens with one attached hydrogen (secondary N) is 1. The van der Waals surface area contributed by atoms with Crippen molar-refractivity contribution < 1.29 is 42.6 Å². The number of cyclic esters (lactones) is 1. The van der Waals surface area contributed by atoms with E-state index in [4.69, 9.17) is 19.0 Å². The molecule has 0 aliphatic carbocycles. The number of likely N-dealkylation sites (N-methyl/N-ethyl adjacent to an activating group) is 1. The van der Waals surface area contributed by atoms with Gasteiger partial charge in [-0.3, -0.25) is 29.4 Å². The smallest absolute Gasteiger partial charge is 0.414 e. The van der Waals surface area contributed by atoms with Crippen LogP contribution in [-0.2, 0) is 28.6 Å². The number of carbonyl (C=O) groups excluding carboxylic acids is 4. The molecule has 1 N–H and O–H groups in total. The van der Waals surface area contributed by atoms with E-state index in [2.05, 4.69) is 32.4 Å². The van der Waals surface area contributed by atoms with Crippen molar-refractivity contribution in [3.05, 3.63) is 60.8 Å². The van der Waals surface area contributed by atoms with Gasteiger partial charge in [-0.05, 0) is 65.8 Å². The first kappa shape index (κ1) is 39.2. The summed E-state index contributed by atoms with van der Waals surface area (Å²) >= 11 is 0. The topological polar surface area (TPSA) is 177 Å². The zero-order valence-electron chi connectivity index (χ0n) is 30.4. The van der Waals surface area contributed by atoms with Crippen LogP contribution in [0.25, 0.3) is 11.1 Å². The fourth-order valence-corrected chi connectivity index (χ4v) is 5.10. The van der Waals surface area contributed by atoms with Crippen molar-refractivity contribution in [2.75, 3.05) is 44.7 Å². The number of nitrogens with zero attached hydrogens (tertiary/aromatic N) is 7. The largest absolute Gasteiger partial charge is 0.459 e. The van der Waals surface area contributed by atoms with Crippen molar-refractivity contribution in [2.24, 2.45) is 15.5 Å². The molecule has 1 saturated heterocycles. The van der Waals surface area contributed by atoms with Crippen LogP contribution in [0.1, 0.15) is 53.7 Å². The summed E-state index contributed by atoms with van der Waals surface area (Å²) in [6, 6.07) is 7.85. The van der Waals surface area contributed by atoms with Gasteiger partial charge in [-0.1, -0.05) is 23.0 Å². The second-order valence-corrected chi connectivity index (χ2v) is 14.1. The number of rotatable bonds is 13. The minimum Gasteiger partial charge on any atom is -0.459 e. The maximum absolute atomic E-state index is 15.3. The van der Waals surface area contributed by atoms with Crippen molar-refractivity contribution in [1.29, 1.82) is 0 Å². The fourth-order valence-electron chi connectivity index (χ4n) is 5.10. The maximum Gasteiger partial charge on any atom is 0.414 e. The number of ether oxygens (including phenoxy) is 3. The first-order valence-electron chi connectivity index (χ1n) is 16.6. The normalized spacial score (nSPS) is 17.3. The Morgan fingerprint density at radius 2 is 1.83 bits per heavy atom. The number of benzene rings is 1. The standard InChI is InChI=1S/C35H45FN8O8/c1-9-39-41-42(8)18-25-19-44(33(48)49-25)23-11-12-26(27(36)14-23)22-10-13-28(37-16-22)29-15-24(52-40-29)17-38-30(45)20-43(32(47)51-35(5,6)7)21-31(46)50-34(2,3)4/h9-14,16,24-25H,1,15,17-21H2,2-8H3,(H,38,45). The zero-order valence-corrected chi connectivity index (χ0v) is 30.4. The molecule has 280 valence electrons. The molecule has 1 aromatic carbocycles. The third-order valence-corrected chi connectivity index (χ3v) is 7.25. The Morgan fingerprint density at radius 3 is 2.46 bits per heavy atom. The Labute approximate surface area is 301 Å². The molecule has 3 heterocycles. The van der Waals surface area contributed by atoms with Crippen LogP contribution in [0.15, 0.2) is 64.8 Å². The van der Waals surface area contributed by atoms with Crippen LogP contribution in [0.5, 0.6) is 0 Å². The van der Waals surface area contributed by atoms with E-state index in [1.54, 1.807) is 72.9 Å². The summed E-state index contributed by atoms with van der Waals surface area (Å²) in [6.07, 6.45) is 0.706. The third kappa shape index (κ3) is 11.5. The highest BCUT2D eigenvalue weighted by Gasteiger charge is 2.34. The summed E-state index contributed by atoms with van der Waals surface area (Å²) in [4.78, 5) is 62.7. The molecule has 2 unspecified atom stereocenters. The van der Waals surface area contributed by atoms with Gasteiger partial charge >= 0.3 is 18.2 Å². The maximum atomic E-state index is 15.3. The molecular weight excluding hydrogens is 679 g/mol. The third-order valence-electron chi connectivity index (χ3n) is 7.25. The number of anilines is 1. The molecule has 2 aliphatic rings. The van der Waals surface area contributed by atoms with Crippen LogP contribution in [0, 0.1) is 5.82 Å². The number of halogens is 1. The van der Waals surface area contributed by atoms with Gasteiger partial charge in [0.1, 0.15) is 41.9 Å². The van der Waals surface area contributed by atoms with Crippen LogP contribution in [0.4, 0.5) is 19.7 Å². The molecule has 0 radical (unpaired) electrons. The predicted molar refractivity (Wildman–Crippen MR) is 188 cm³/mol. The van der Waals surface area contributed by atoms with Crippen LogP contribution in [0.3, 0.4) is 0 Å². The quantitative estimate of drug-likeness (QED) is 0.130. The highest BCUT2D eigenvalue weighted by Crippen LogP contribution is 2.29. The van der Waals surface area contributed by atoms with Gasteiger partial charge in [-0.15, -0.1) is 5.11 Å². The zero-order chi connectivity index (χ0) is 38.2. The van der Waals surface area contributed by atoms with E-state index in [0.717, 1.165) is 4.90 Å². The van der Waals surface area contributed by atoms with Crippen molar-refractivity contribution in [3.8, 4) is 11.1 Å². The lowest BCUT2D eigenvalue weighted by Gasteiger charge is -2.28. The van der Waals surface area contributed by atoms with E-state index in [-0.39, 0.29) is 18.7 Å². The Bertz CT molecular complexity index is 1700. The van der Waals surface area contributed by atoms with Crippen molar-refractivity contribution in [2.45, 2.75) is 71.4 Å². The van der Waals surface area contributed by atoms with Crippen LogP contribution in [0.2, 0.25) is 0 Å². The molecule has 2 atom stereocenters. The Balaban J connectivity index is 1.30. The van der Waals surface area contributed by atoms with E-state index in [9.17, 15) is 19.2 Å². The van der Waals surface area contributed by atoms with E-state index in [1.165, 1.54) is 28.4 Å². The summed E-state index contributed by atoms with van der Waals surface area (Å²) < 4.78 is 31.4. The summed E-state index contributed by atoms with van der Waals surface area (Å²) in [5.41, 5.74) is 0.561. The number of pyridine rings is 1. The van der Waals surface area contributed by atoms with Gasteiger partial charge in [0.25, 0.3) is 0 Å². The molecular formula is C35H45FN8O8. The number of oxime groups is 1. The fraction of sp³-hybridized carbons (Fsp3) is 0.486. The summed E-state index contributed by atoms with van der Waals surface area (Å²) in [7, 11) is 1.69. The van der Waals surface area contributed by atoms with Gasteiger partial charge in [-0.2, -0.15) is 0 Å². The van der Waals surface area contributed by atoms with Gasteiger partial charge in [0.2, 0.25) is 5.91 Å². The number of hydrogen-bond donors (Lipinski definition) is 1. The molecule has 4 rings (SSSR count). The van der Waals surface area contributed by atoms with E-state index < -0.39 is 66.4 Å². The minimum atomic E-state index is -0.844. The van der Waals surface area contributed by atoms with Crippen molar-refractivity contribution in [3.63, 3.8) is 0 Å². The molecule has 2 aliphatic heterocycles. The van der Waals surface area contributed by atoms with Gasteiger partial charge < -0.3 is 24.4 Å². The molecule has 0 saturated carbocycles. The first-order valence-corrected chi connectivity index (χ1v) is 16.6. The van der Waals surface area contributed by atoms with Crippen LogP contribution < -0.4 is 10.2 Å². The monoisotopic (exact) mass is 724 g/mol. The second-order valence-electron chi connectivity index (χ2n) is 14.1. The van der Waals surface area contributed by atoms with Gasteiger partial charge in [-0.25, -0.2) is 14.0 Å². The van der Waals surface area contributed by atoms with E-state index in [0.29, 0.717) is 35.6 Å². The van der Waals surface area contributed by atoms with Gasteiger partial charge in [0, 0.05) is 37.0 Å². The molecule has 3 amide bonds. The molecule has 2 aromatic rings. The average molecular weight is 725 g/mol. The van der Waals surface area contributed by atoms with Crippen LogP contribution >= 0.6 is 0 Å². The highest BCUT2D eigenvalue weighted by atomic mass is 19.1. The highest BCUT2D eigenvalue weighted by molar-refractivity contribution is 6.00. The number of carbonyl (C=O) groups is 4. The lowest BCUT2D eigenvalue weighted by Crippen LogP contribution is -2.47. The number of amides is 3. The van der Waals surface area contributed by atoms with Crippen LogP contribution in [-0.4, -0.2) is 108 Å². The Hall–Kier alpha value is -5.61. The summed E-state index contributed by atoms with van der Waals surface area (Å²) in [6.45, 7) is 13.3. The first-order chi connectivity index (χ1) is 24.4. The predicted octanol–water partition coefficient (Wildman–Crippen LogP) is 4.84. The number of esters is 1. The minimum absolute atomic E-state index is 0.0680. The van der Waals surface area contributed by atoms with Gasteiger partial charge in [0.05, 0.1) is 31.0 Å². The van der Waals surface area contributed by atoms with E-state index in [1.807, 2.05) is 0 Å². The molecule has 1 aromatic heterocycles. The molecule has 52 heavy (non-hydrogen) atoms. The van der Waals surface area contributed by atoms with E-state index >= 15 is 4.39 Å². The SMILES string of the molecule is C=CN=NN(C)CC1CN(c2ccc(-c3ccc(C4=NOC(CNC(=O)CN(CC(=O)OC(C)(C)C)C(=O)OC(C)(C)C)C4)nc3)c(F)c2)C(=O)O1. The number of hydrogen-bond acceptors (Lipinski definition) is 12. The molecule has 0 bridgehead atoms. The molecule has 0 spiro atoms. The second kappa shape index (κ2) is 16.6. The lowest BCUT2D eigenvalue weighted by molar-refractivity contribution is -0.156. The molecule has 1 fully saturated rings. The average Bonchev–Trinajstić information content (AvgIpc) is 3.67. The Morgan fingerprint density at radius 1 is 1.10 bits per heavy atom. The van der Waals surface area contributed by atoms with Crippen molar-refractivity contribution >= 4 is 35.5 Å². The molecule has 17 heteroatoms. The summed E-state index contributed by atoms with van der Waals surface area (Å²) in [5, 5.41) is 15.9. The Kier molecular flexibility index (Phi) is 12.5. The van der Waals surface area contributed by atoms with Gasteiger partial charge in [0.15, 0.2) is 6.10 Å². The van der Waals surface area contributed by atoms with Crippen molar-refractivity contribution in [1.82, 2.24) is 20.2 Å². The summed E-state index contributed by atoms with van der Waals surface area (Å²) in [5.74, 6) is -1.77. The molecule has 16 nitrogen and oxygen atoms in total. The number of aromatic nitrogens is 1.